The van der Waals surface area contributed by atoms with Gasteiger partial charge in [-0.2, -0.15) is 13.2 Å². The number of oxazole rings is 1. The zero-order chi connectivity index (χ0) is 20.9. The van der Waals surface area contributed by atoms with E-state index in [0.29, 0.717) is 4.47 Å². The van der Waals surface area contributed by atoms with Gasteiger partial charge in [-0.25, -0.2) is 26.8 Å². The summed E-state index contributed by atoms with van der Waals surface area (Å²) >= 11 is 3.18. The van der Waals surface area contributed by atoms with Crippen LogP contribution in [0, 0.1) is 0 Å². The predicted octanol–water partition coefficient (Wildman–Crippen LogP) is 3.74. The Morgan fingerprint density at radius 3 is 2.36 bits per heavy atom. The third-order valence-corrected chi connectivity index (χ3v) is 7.44. The highest BCUT2D eigenvalue weighted by Gasteiger charge is 2.47. The molecule has 13 heteroatoms. The number of halogens is 4. The van der Waals surface area contributed by atoms with Gasteiger partial charge in [0.1, 0.15) is 11.2 Å². The largest absolute Gasteiger partial charge is 0.501 e. The maximum absolute atomic E-state index is 12.7. The molecule has 0 bridgehead atoms. The highest BCUT2D eigenvalue weighted by atomic mass is 79.9. The highest BCUT2D eigenvalue weighted by Crippen LogP contribution is 2.34. The van der Waals surface area contributed by atoms with Crippen molar-refractivity contribution in [3.8, 4) is 11.6 Å². The van der Waals surface area contributed by atoms with E-state index in [9.17, 15) is 30.0 Å². The first kappa shape index (κ1) is 20.7. The maximum atomic E-state index is 12.7. The molecule has 0 N–H and O–H groups in total. The molecule has 3 aromatic rings. The fraction of sp³-hybridized carbons (Fsp3) is 0.200. The predicted molar refractivity (Wildman–Crippen MR) is 95.9 cm³/mol. The Morgan fingerprint density at radius 2 is 1.75 bits per heavy atom. The standard InChI is InChI=1S/C15H10BrF3N2O5S2/c1-2-27(22,23)12-6-4-9(16)13(21-12)14-20-10-7-8(3-5-11(10)26-14)28(24,25)15(17,18)19/h3-7H,2H2,1H3. The molecule has 3 rings (SSSR count). The number of alkyl halides is 3. The zero-order valence-electron chi connectivity index (χ0n) is 13.9. The van der Waals surface area contributed by atoms with Crippen molar-refractivity contribution in [1.82, 2.24) is 9.97 Å². The molecule has 0 radical (unpaired) electrons. The van der Waals surface area contributed by atoms with Gasteiger partial charge in [0.15, 0.2) is 20.4 Å². The number of hydrogen-bond acceptors (Lipinski definition) is 7. The van der Waals surface area contributed by atoms with Crippen molar-refractivity contribution in [2.24, 2.45) is 0 Å². The van der Waals surface area contributed by atoms with E-state index >= 15 is 0 Å². The van der Waals surface area contributed by atoms with Crippen LogP contribution in [0.4, 0.5) is 13.2 Å². The Bertz CT molecular complexity index is 1280. The quantitative estimate of drug-likeness (QED) is 0.538. The van der Waals surface area contributed by atoms with E-state index in [0.717, 1.165) is 18.2 Å². The van der Waals surface area contributed by atoms with Gasteiger partial charge >= 0.3 is 5.51 Å². The third-order valence-electron chi connectivity index (χ3n) is 3.70. The molecule has 7 nitrogen and oxygen atoms in total. The number of aromatic nitrogens is 2. The SMILES string of the molecule is CCS(=O)(=O)c1ccc(Br)c(-c2nc3cc(S(=O)(=O)C(F)(F)F)ccc3o2)n1. The van der Waals surface area contributed by atoms with Crippen LogP contribution >= 0.6 is 15.9 Å². The molecule has 0 atom stereocenters. The van der Waals surface area contributed by atoms with Crippen molar-refractivity contribution >= 4 is 46.7 Å². The van der Waals surface area contributed by atoms with Crippen molar-refractivity contribution in [2.45, 2.75) is 22.4 Å². The van der Waals surface area contributed by atoms with Crippen LogP contribution in [-0.4, -0.2) is 38.1 Å². The molecule has 0 fully saturated rings. The van der Waals surface area contributed by atoms with Crippen LogP contribution < -0.4 is 0 Å². The van der Waals surface area contributed by atoms with Gasteiger partial charge in [0.2, 0.25) is 5.89 Å². The fourth-order valence-electron chi connectivity index (χ4n) is 2.20. The lowest BCUT2D eigenvalue weighted by atomic mass is 10.3. The molecule has 0 aliphatic heterocycles. The van der Waals surface area contributed by atoms with E-state index in [4.69, 9.17) is 4.42 Å². The Kier molecular flexibility index (Phi) is 5.04. The number of benzene rings is 1. The lowest BCUT2D eigenvalue weighted by molar-refractivity contribution is -0.0435. The van der Waals surface area contributed by atoms with Gasteiger partial charge in [-0.05, 0) is 46.3 Å². The van der Waals surface area contributed by atoms with Crippen LogP contribution in [0.2, 0.25) is 0 Å². The van der Waals surface area contributed by atoms with E-state index in [1.54, 1.807) is 0 Å². The first-order valence-corrected chi connectivity index (χ1v) is 11.4. The highest BCUT2D eigenvalue weighted by molar-refractivity contribution is 9.10. The zero-order valence-corrected chi connectivity index (χ0v) is 17.1. The summed E-state index contributed by atoms with van der Waals surface area (Å²) in [5.74, 6) is -0.371. The van der Waals surface area contributed by atoms with Crippen molar-refractivity contribution in [3.63, 3.8) is 0 Å². The second-order valence-corrected chi connectivity index (χ2v) is 10.5. The van der Waals surface area contributed by atoms with Crippen molar-refractivity contribution in [2.75, 3.05) is 5.75 Å². The molecule has 0 spiro atoms. The van der Waals surface area contributed by atoms with Crippen LogP contribution in [0.15, 0.2) is 49.1 Å². The first-order chi connectivity index (χ1) is 12.9. The second-order valence-electron chi connectivity index (χ2n) is 5.48. The molecule has 28 heavy (non-hydrogen) atoms. The number of pyridine rings is 1. The molecule has 0 unspecified atom stereocenters. The average molecular weight is 499 g/mol. The normalized spacial score (nSPS) is 13.2. The molecule has 0 aliphatic carbocycles. The summed E-state index contributed by atoms with van der Waals surface area (Å²) in [5.41, 5.74) is -5.60. The minimum Gasteiger partial charge on any atom is -0.435 e. The summed E-state index contributed by atoms with van der Waals surface area (Å²) < 4.78 is 91.0. The number of nitrogens with zero attached hydrogens (tertiary/aromatic N) is 2. The summed E-state index contributed by atoms with van der Waals surface area (Å²) in [7, 11) is -9.17. The lowest BCUT2D eigenvalue weighted by Gasteiger charge is -2.07. The summed E-state index contributed by atoms with van der Waals surface area (Å²) in [6.45, 7) is 1.45. The van der Waals surface area contributed by atoms with E-state index in [2.05, 4.69) is 25.9 Å². The minimum atomic E-state index is -5.55. The molecule has 1 aromatic carbocycles. The van der Waals surface area contributed by atoms with Gasteiger partial charge in [-0.15, -0.1) is 0 Å². The van der Waals surface area contributed by atoms with Crippen molar-refractivity contribution < 1.29 is 34.4 Å². The number of rotatable bonds is 4. The average Bonchev–Trinajstić information content (AvgIpc) is 3.03. The Hall–Kier alpha value is -1.99. The maximum Gasteiger partial charge on any atom is 0.501 e. The lowest BCUT2D eigenvalue weighted by Crippen LogP contribution is -2.23. The molecule has 2 heterocycles. The smallest absolute Gasteiger partial charge is 0.435 e. The summed E-state index contributed by atoms with van der Waals surface area (Å²) in [6.07, 6.45) is 0. The number of hydrogen-bond donors (Lipinski definition) is 0. The van der Waals surface area contributed by atoms with Gasteiger partial charge in [0.25, 0.3) is 9.84 Å². The monoisotopic (exact) mass is 498 g/mol. The van der Waals surface area contributed by atoms with Crippen LogP contribution in [-0.2, 0) is 19.7 Å². The van der Waals surface area contributed by atoms with E-state index < -0.39 is 30.1 Å². The molecular weight excluding hydrogens is 489 g/mol. The van der Waals surface area contributed by atoms with Gasteiger partial charge in [0, 0.05) is 4.47 Å². The van der Waals surface area contributed by atoms with Crippen molar-refractivity contribution in [1.29, 1.82) is 0 Å². The molecule has 0 saturated carbocycles. The van der Waals surface area contributed by atoms with E-state index in [1.807, 2.05) is 0 Å². The third kappa shape index (κ3) is 3.53. The topological polar surface area (TPSA) is 107 Å². The molecule has 0 saturated heterocycles. The van der Waals surface area contributed by atoms with Gasteiger partial charge < -0.3 is 4.42 Å². The van der Waals surface area contributed by atoms with Crippen LogP contribution in [0.1, 0.15) is 6.92 Å². The number of fused-ring (bicyclic) bond motifs is 1. The van der Waals surface area contributed by atoms with E-state index in [1.165, 1.54) is 19.1 Å². The minimum absolute atomic E-state index is 0.00551. The fourth-order valence-corrected chi connectivity index (χ4v) is 4.18. The van der Waals surface area contributed by atoms with Crippen LogP contribution in [0.3, 0.4) is 0 Å². The summed E-state index contributed by atoms with van der Waals surface area (Å²) in [4.78, 5) is 6.98. The van der Waals surface area contributed by atoms with Gasteiger partial charge in [-0.3, -0.25) is 0 Å². The molecule has 2 aromatic heterocycles. The summed E-state index contributed by atoms with van der Waals surface area (Å²) in [5, 5.41) is -0.226. The van der Waals surface area contributed by atoms with Crippen LogP contribution in [0.25, 0.3) is 22.7 Å². The molecular formula is C15H10BrF3N2O5S2. The number of sulfone groups is 2. The van der Waals surface area contributed by atoms with Crippen LogP contribution in [0.5, 0.6) is 0 Å². The molecule has 0 amide bonds. The Balaban J connectivity index is 2.16. The van der Waals surface area contributed by atoms with Gasteiger partial charge in [-0.1, -0.05) is 6.92 Å². The molecule has 0 aliphatic rings. The summed E-state index contributed by atoms with van der Waals surface area (Å²) in [6, 6.07) is 5.21. The Labute approximate surface area is 165 Å². The molecule has 150 valence electrons. The first-order valence-electron chi connectivity index (χ1n) is 7.48. The second kappa shape index (κ2) is 6.81. The van der Waals surface area contributed by atoms with Gasteiger partial charge in [0.05, 0.1) is 10.6 Å². The van der Waals surface area contributed by atoms with Crippen molar-refractivity contribution in [3.05, 3.63) is 34.8 Å². The Morgan fingerprint density at radius 1 is 1.07 bits per heavy atom. The van der Waals surface area contributed by atoms with E-state index in [-0.39, 0.29) is 33.5 Å².